The van der Waals surface area contributed by atoms with Crippen molar-refractivity contribution in [3.63, 3.8) is 0 Å². The molecular formula is C14H15NO3S. The van der Waals surface area contributed by atoms with Gasteiger partial charge < -0.3 is 10.0 Å². The quantitative estimate of drug-likeness (QED) is 0.897. The Morgan fingerprint density at radius 1 is 1.32 bits per heavy atom. The van der Waals surface area contributed by atoms with E-state index in [-0.39, 0.29) is 18.4 Å². The first-order chi connectivity index (χ1) is 9.18. The van der Waals surface area contributed by atoms with Crippen molar-refractivity contribution in [2.75, 3.05) is 23.0 Å². The molecule has 3 rings (SSSR count). The number of fused-ring (bicyclic) bond motifs is 1. The lowest BCUT2D eigenvalue weighted by Gasteiger charge is -2.20. The van der Waals surface area contributed by atoms with Gasteiger partial charge in [0, 0.05) is 23.9 Å². The third-order valence-corrected chi connectivity index (χ3v) is 4.97. The standard InChI is InChI=1S/C14H15NO3S/c16-13(9-5-6-19-8-9)15-7-11(14(17)18)10-3-1-2-4-12(10)15/h1-4,9,11H,5-8H2,(H,17,18). The van der Waals surface area contributed by atoms with E-state index in [1.54, 1.807) is 16.7 Å². The highest BCUT2D eigenvalue weighted by Gasteiger charge is 2.39. The molecule has 100 valence electrons. The van der Waals surface area contributed by atoms with Crippen LogP contribution in [0, 0.1) is 5.92 Å². The number of benzene rings is 1. The van der Waals surface area contributed by atoms with Gasteiger partial charge in [0.2, 0.25) is 5.91 Å². The molecule has 1 amide bonds. The molecule has 5 heteroatoms. The molecule has 0 aromatic heterocycles. The molecule has 1 aromatic carbocycles. The van der Waals surface area contributed by atoms with Gasteiger partial charge in [0.15, 0.2) is 0 Å². The normalized spacial score (nSPS) is 25.4. The van der Waals surface area contributed by atoms with Crippen molar-refractivity contribution in [3.05, 3.63) is 29.8 Å². The van der Waals surface area contributed by atoms with Crippen LogP contribution in [0.5, 0.6) is 0 Å². The van der Waals surface area contributed by atoms with Crippen molar-refractivity contribution in [1.29, 1.82) is 0 Å². The molecule has 0 spiro atoms. The van der Waals surface area contributed by atoms with Gasteiger partial charge in [0.25, 0.3) is 0 Å². The third kappa shape index (κ3) is 2.12. The maximum Gasteiger partial charge on any atom is 0.312 e. The van der Waals surface area contributed by atoms with Crippen LogP contribution in [0.15, 0.2) is 24.3 Å². The summed E-state index contributed by atoms with van der Waals surface area (Å²) in [4.78, 5) is 25.5. The molecule has 4 nitrogen and oxygen atoms in total. The second kappa shape index (κ2) is 4.89. The number of thioether (sulfide) groups is 1. The van der Waals surface area contributed by atoms with Gasteiger partial charge in [-0.3, -0.25) is 9.59 Å². The zero-order valence-electron chi connectivity index (χ0n) is 10.4. The fourth-order valence-electron chi connectivity index (χ4n) is 2.78. The lowest BCUT2D eigenvalue weighted by molar-refractivity contribution is -0.138. The molecular weight excluding hydrogens is 262 g/mol. The number of carboxylic acid groups (broad SMARTS) is 1. The van der Waals surface area contributed by atoms with Gasteiger partial charge in [0.1, 0.15) is 5.92 Å². The largest absolute Gasteiger partial charge is 0.481 e. The molecule has 2 atom stereocenters. The molecule has 1 aromatic rings. The van der Waals surface area contributed by atoms with Crippen LogP contribution >= 0.6 is 11.8 Å². The van der Waals surface area contributed by atoms with E-state index in [9.17, 15) is 14.7 Å². The van der Waals surface area contributed by atoms with E-state index in [1.807, 2.05) is 24.3 Å². The summed E-state index contributed by atoms with van der Waals surface area (Å²) < 4.78 is 0. The number of nitrogens with zero attached hydrogens (tertiary/aromatic N) is 1. The Labute approximate surface area is 115 Å². The molecule has 1 N–H and O–H groups in total. The number of aliphatic carboxylic acids is 1. The Morgan fingerprint density at radius 3 is 2.79 bits per heavy atom. The maximum atomic E-state index is 12.5. The Morgan fingerprint density at radius 2 is 2.11 bits per heavy atom. The van der Waals surface area contributed by atoms with E-state index in [0.29, 0.717) is 0 Å². The van der Waals surface area contributed by atoms with Crippen molar-refractivity contribution in [1.82, 2.24) is 0 Å². The molecule has 2 heterocycles. The van der Waals surface area contributed by atoms with Crippen LogP contribution in [0.3, 0.4) is 0 Å². The summed E-state index contributed by atoms with van der Waals surface area (Å²) in [5, 5.41) is 9.28. The molecule has 0 bridgehead atoms. The van der Waals surface area contributed by atoms with Gasteiger partial charge >= 0.3 is 5.97 Å². The summed E-state index contributed by atoms with van der Waals surface area (Å²) in [5.74, 6) is 0.563. The summed E-state index contributed by atoms with van der Waals surface area (Å²) in [7, 11) is 0. The summed E-state index contributed by atoms with van der Waals surface area (Å²) >= 11 is 1.79. The van der Waals surface area contributed by atoms with E-state index in [0.717, 1.165) is 29.2 Å². The van der Waals surface area contributed by atoms with E-state index in [4.69, 9.17) is 0 Å². The first kappa shape index (κ1) is 12.5. The monoisotopic (exact) mass is 277 g/mol. The van der Waals surface area contributed by atoms with Crippen molar-refractivity contribution in [2.45, 2.75) is 12.3 Å². The lowest BCUT2D eigenvalue weighted by Crippen LogP contribution is -2.36. The number of carboxylic acids is 1. The number of rotatable bonds is 2. The van der Waals surface area contributed by atoms with Gasteiger partial charge in [-0.1, -0.05) is 18.2 Å². The predicted molar refractivity (Wildman–Crippen MR) is 74.6 cm³/mol. The van der Waals surface area contributed by atoms with Gasteiger partial charge in [-0.15, -0.1) is 0 Å². The number of para-hydroxylation sites is 1. The van der Waals surface area contributed by atoms with Crippen molar-refractivity contribution in [3.8, 4) is 0 Å². The van der Waals surface area contributed by atoms with Crippen LogP contribution in [0.25, 0.3) is 0 Å². The molecule has 2 unspecified atom stereocenters. The fraction of sp³-hybridized carbons (Fsp3) is 0.429. The van der Waals surface area contributed by atoms with Crippen molar-refractivity contribution < 1.29 is 14.7 Å². The van der Waals surface area contributed by atoms with Crippen LogP contribution < -0.4 is 4.90 Å². The SMILES string of the molecule is O=C(O)C1CN(C(=O)C2CCSC2)c2ccccc21. The number of carbonyl (C=O) groups is 2. The van der Waals surface area contributed by atoms with Gasteiger partial charge in [-0.25, -0.2) is 0 Å². The molecule has 1 fully saturated rings. The number of anilines is 1. The van der Waals surface area contributed by atoms with Crippen LogP contribution in [0.1, 0.15) is 17.9 Å². The zero-order chi connectivity index (χ0) is 13.4. The Balaban J connectivity index is 1.91. The van der Waals surface area contributed by atoms with Crippen LogP contribution in [-0.4, -0.2) is 35.0 Å². The van der Waals surface area contributed by atoms with Gasteiger partial charge in [0.05, 0.1) is 0 Å². The van der Waals surface area contributed by atoms with Crippen molar-refractivity contribution >= 4 is 29.3 Å². The molecule has 19 heavy (non-hydrogen) atoms. The molecule has 0 aliphatic carbocycles. The van der Waals surface area contributed by atoms with Gasteiger partial charge in [-0.2, -0.15) is 11.8 Å². The smallest absolute Gasteiger partial charge is 0.312 e. The summed E-state index contributed by atoms with van der Waals surface area (Å²) in [5.41, 5.74) is 1.53. The highest BCUT2D eigenvalue weighted by molar-refractivity contribution is 7.99. The first-order valence-electron chi connectivity index (χ1n) is 6.39. The average molecular weight is 277 g/mol. The summed E-state index contributed by atoms with van der Waals surface area (Å²) in [6.07, 6.45) is 0.903. The zero-order valence-corrected chi connectivity index (χ0v) is 11.2. The highest BCUT2D eigenvalue weighted by Crippen LogP contribution is 2.38. The Hall–Kier alpha value is -1.49. The third-order valence-electron chi connectivity index (χ3n) is 3.81. The van der Waals surface area contributed by atoms with E-state index < -0.39 is 11.9 Å². The molecule has 2 aliphatic heterocycles. The number of amides is 1. The van der Waals surface area contributed by atoms with Gasteiger partial charge in [-0.05, 0) is 23.8 Å². The fourth-order valence-corrected chi connectivity index (χ4v) is 3.99. The Bertz CT molecular complexity index is 525. The summed E-state index contributed by atoms with van der Waals surface area (Å²) in [6.45, 7) is 0.272. The van der Waals surface area contributed by atoms with Crippen LogP contribution in [0.4, 0.5) is 5.69 Å². The summed E-state index contributed by atoms with van der Waals surface area (Å²) in [6, 6.07) is 7.34. The van der Waals surface area contributed by atoms with Crippen LogP contribution in [-0.2, 0) is 9.59 Å². The number of hydrogen-bond acceptors (Lipinski definition) is 3. The average Bonchev–Trinajstić information content (AvgIpc) is 3.05. The second-order valence-electron chi connectivity index (χ2n) is 4.96. The molecule has 0 saturated carbocycles. The maximum absolute atomic E-state index is 12.5. The highest BCUT2D eigenvalue weighted by atomic mass is 32.2. The number of carbonyl (C=O) groups excluding carboxylic acids is 1. The minimum atomic E-state index is -0.858. The van der Waals surface area contributed by atoms with Crippen LogP contribution in [0.2, 0.25) is 0 Å². The predicted octanol–water partition coefficient (Wildman–Crippen LogP) is 1.95. The minimum absolute atomic E-state index is 0.0469. The van der Waals surface area contributed by atoms with E-state index in [1.165, 1.54) is 0 Å². The minimum Gasteiger partial charge on any atom is -0.481 e. The number of hydrogen-bond donors (Lipinski definition) is 1. The Kier molecular flexibility index (Phi) is 3.22. The van der Waals surface area contributed by atoms with E-state index in [2.05, 4.69) is 0 Å². The van der Waals surface area contributed by atoms with Crippen molar-refractivity contribution in [2.24, 2.45) is 5.92 Å². The van der Waals surface area contributed by atoms with E-state index >= 15 is 0 Å². The topological polar surface area (TPSA) is 57.6 Å². The molecule has 2 aliphatic rings. The lowest BCUT2D eigenvalue weighted by atomic mass is 10.0. The molecule has 0 radical (unpaired) electrons. The first-order valence-corrected chi connectivity index (χ1v) is 7.55. The second-order valence-corrected chi connectivity index (χ2v) is 6.11. The molecule has 1 saturated heterocycles.